The smallest absolute Gasteiger partial charge is 0.159 e. The van der Waals surface area contributed by atoms with Gasteiger partial charge in [0.05, 0.1) is 7.11 Å². The molecule has 1 aliphatic carbocycles. The van der Waals surface area contributed by atoms with Crippen LogP contribution in [0.15, 0.2) is 30.5 Å². The fraction of sp³-hybridized carbons (Fsp3) is 0.412. The highest BCUT2D eigenvalue weighted by molar-refractivity contribution is 5.57. The first kappa shape index (κ1) is 14.0. The Morgan fingerprint density at radius 2 is 2.29 bits per heavy atom. The molecule has 2 aromatic rings. The number of nitrogens with one attached hydrogen (secondary N) is 1. The van der Waals surface area contributed by atoms with Gasteiger partial charge < -0.3 is 10.1 Å². The molecule has 1 N–H and O–H groups in total. The molecule has 1 unspecified atom stereocenters. The lowest BCUT2D eigenvalue weighted by Crippen LogP contribution is -2.25. The number of aromatic nitrogens is 2. The number of benzene rings is 1. The Morgan fingerprint density at radius 1 is 1.38 bits per heavy atom. The van der Waals surface area contributed by atoms with Gasteiger partial charge in [0, 0.05) is 29.1 Å². The number of ether oxygens (including phenoxy) is 1. The second-order valence-corrected chi connectivity index (χ2v) is 5.33. The largest absolute Gasteiger partial charge is 0.497 e. The Balaban J connectivity index is 1.95. The molecule has 110 valence electrons. The zero-order valence-corrected chi connectivity index (χ0v) is 12.6. The molecule has 0 fully saturated rings. The normalized spacial score (nSPS) is 17.3. The molecule has 0 spiro atoms. The van der Waals surface area contributed by atoms with E-state index in [2.05, 4.69) is 17.2 Å². The van der Waals surface area contributed by atoms with Gasteiger partial charge in [0.25, 0.3) is 0 Å². The van der Waals surface area contributed by atoms with E-state index in [0.717, 1.165) is 30.1 Å². The van der Waals surface area contributed by atoms with Crippen LogP contribution in [-0.2, 0) is 6.42 Å². The fourth-order valence-corrected chi connectivity index (χ4v) is 2.91. The van der Waals surface area contributed by atoms with Crippen molar-refractivity contribution in [3.63, 3.8) is 0 Å². The van der Waals surface area contributed by atoms with E-state index in [0.29, 0.717) is 6.04 Å². The first-order valence-electron chi connectivity index (χ1n) is 7.55. The van der Waals surface area contributed by atoms with Crippen molar-refractivity contribution < 1.29 is 4.74 Å². The van der Waals surface area contributed by atoms with E-state index < -0.39 is 0 Å². The third kappa shape index (κ3) is 2.90. The molecule has 3 rings (SSSR count). The first-order chi connectivity index (χ1) is 10.3. The van der Waals surface area contributed by atoms with Crippen molar-refractivity contribution >= 4 is 0 Å². The maximum atomic E-state index is 5.27. The van der Waals surface area contributed by atoms with Crippen molar-refractivity contribution in [3.05, 3.63) is 41.7 Å². The second kappa shape index (κ2) is 6.22. The topological polar surface area (TPSA) is 47.0 Å². The second-order valence-electron chi connectivity index (χ2n) is 5.33. The van der Waals surface area contributed by atoms with E-state index in [1.807, 2.05) is 30.5 Å². The van der Waals surface area contributed by atoms with Gasteiger partial charge in [-0.05, 0) is 37.9 Å². The summed E-state index contributed by atoms with van der Waals surface area (Å²) in [4.78, 5) is 9.35. The van der Waals surface area contributed by atoms with Gasteiger partial charge in [0.1, 0.15) is 5.75 Å². The van der Waals surface area contributed by atoms with Crippen LogP contribution < -0.4 is 10.1 Å². The van der Waals surface area contributed by atoms with Crippen molar-refractivity contribution in [1.29, 1.82) is 0 Å². The lowest BCUT2D eigenvalue weighted by atomic mass is 9.92. The molecule has 4 nitrogen and oxygen atoms in total. The highest BCUT2D eigenvalue weighted by Gasteiger charge is 2.21. The standard InChI is InChI=1S/C17H21N3O/c1-3-18-15-8-5-9-16-14(15)11-19-17(20-16)12-6-4-7-13(10-12)21-2/h4,6-7,10-11,15,18H,3,5,8-9H2,1-2H3. The summed E-state index contributed by atoms with van der Waals surface area (Å²) < 4.78 is 5.27. The summed E-state index contributed by atoms with van der Waals surface area (Å²) in [6, 6.07) is 8.31. The maximum absolute atomic E-state index is 5.27. The lowest BCUT2D eigenvalue weighted by molar-refractivity contribution is 0.415. The Labute approximate surface area is 125 Å². The Bertz CT molecular complexity index is 627. The van der Waals surface area contributed by atoms with Crippen LogP contribution in [0, 0.1) is 0 Å². The molecule has 0 radical (unpaired) electrons. The summed E-state index contributed by atoms with van der Waals surface area (Å²) in [6.07, 6.45) is 5.38. The summed E-state index contributed by atoms with van der Waals surface area (Å²) >= 11 is 0. The molecule has 1 heterocycles. The van der Waals surface area contributed by atoms with Crippen molar-refractivity contribution in [2.24, 2.45) is 0 Å². The number of rotatable bonds is 4. The molecule has 0 bridgehead atoms. The van der Waals surface area contributed by atoms with E-state index in [-0.39, 0.29) is 0 Å². The predicted molar refractivity (Wildman–Crippen MR) is 83.4 cm³/mol. The third-order valence-electron chi connectivity index (χ3n) is 3.96. The Kier molecular flexibility index (Phi) is 4.15. The number of fused-ring (bicyclic) bond motifs is 1. The average molecular weight is 283 g/mol. The molecular formula is C17H21N3O. The van der Waals surface area contributed by atoms with Gasteiger partial charge in [-0.15, -0.1) is 0 Å². The van der Waals surface area contributed by atoms with Crippen LogP contribution in [0.3, 0.4) is 0 Å². The minimum absolute atomic E-state index is 0.401. The molecule has 0 aliphatic heterocycles. The average Bonchev–Trinajstić information content (AvgIpc) is 2.55. The Hall–Kier alpha value is -1.94. The van der Waals surface area contributed by atoms with Crippen LogP contribution in [0.4, 0.5) is 0 Å². The fourth-order valence-electron chi connectivity index (χ4n) is 2.91. The molecule has 1 aliphatic rings. The van der Waals surface area contributed by atoms with E-state index >= 15 is 0 Å². The zero-order chi connectivity index (χ0) is 14.7. The van der Waals surface area contributed by atoms with Gasteiger partial charge in [-0.3, -0.25) is 0 Å². The number of hydrogen-bond acceptors (Lipinski definition) is 4. The van der Waals surface area contributed by atoms with Crippen molar-refractivity contribution in [1.82, 2.24) is 15.3 Å². The summed E-state index contributed by atoms with van der Waals surface area (Å²) in [6.45, 7) is 3.11. The minimum atomic E-state index is 0.401. The van der Waals surface area contributed by atoms with Gasteiger partial charge in [0.2, 0.25) is 0 Å². The highest BCUT2D eigenvalue weighted by Crippen LogP contribution is 2.30. The van der Waals surface area contributed by atoms with E-state index in [9.17, 15) is 0 Å². The Morgan fingerprint density at radius 3 is 3.10 bits per heavy atom. The van der Waals surface area contributed by atoms with Gasteiger partial charge in [-0.2, -0.15) is 0 Å². The summed E-state index contributed by atoms with van der Waals surface area (Å²) in [5.74, 6) is 1.61. The van der Waals surface area contributed by atoms with Crippen molar-refractivity contribution in [3.8, 4) is 17.1 Å². The van der Waals surface area contributed by atoms with Gasteiger partial charge in [-0.25, -0.2) is 9.97 Å². The molecule has 21 heavy (non-hydrogen) atoms. The molecule has 0 saturated heterocycles. The minimum Gasteiger partial charge on any atom is -0.497 e. The monoisotopic (exact) mass is 283 g/mol. The third-order valence-corrected chi connectivity index (χ3v) is 3.96. The molecule has 1 atom stereocenters. The van der Waals surface area contributed by atoms with E-state index in [1.54, 1.807) is 7.11 Å². The van der Waals surface area contributed by atoms with Crippen molar-refractivity contribution in [2.45, 2.75) is 32.2 Å². The first-order valence-corrected chi connectivity index (χ1v) is 7.55. The predicted octanol–water partition coefficient (Wildman–Crippen LogP) is 3.14. The molecule has 4 heteroatoms. The molecule has 1 aromatic heterocycles. The molecule has 0 amide bonds. The van der Waals surface area contributed by atoms with Crippen LogP contribution in [0.25, 0.3) is 11.4 Å². The quantitative estimate of drug-likeness (QED) is 0.936. The molecule has 0 saturated carbocycles. The van der Waals surface area contributed by atoms with E-state index in [4.69, 9.17) is 9.72 Å². The van der Waals surface area contributed by atoms with Crippen LogP contribution in [0.1, 0.15) is 37.1 Å². The number of aryl methyl sites for hydroxylation is 1. The maximum Gasteiger partial charge on any atom is 0.159 e. The van der Waals surface area contributed by atoms with Gasteiger partial charge >= 0.3 is 0 Å². The van der Waals surface area contributed by atoms with Gasteiger partial charge in [0.15, 0.2) is 5.82 Å². The lowest BCUT2D eigenvalue weighted by Gasteiger charge is -2.25. The SMILES string of the molecule is CCNC1CCCc2nc(-c3cccc(OC)c3)ncc21. The van der Waals surface area contributed by atoms with Crippen molar-refractivity contribution in [2.75, 3.05) is 13.7 Å². The van der Waals surface area contributed by atoms with Gasteiger partial charge in [-0.1, -0.05) is 19.1 Å². The summed E-state index contributed by atoms with van der Waals surface area (Å²) in [7, 11) is 1.67. The number of methoxy groups -OCH3 is 1. The van der Waals surface area contributed by atoms with E-state index in [1.165, 1.54) is 24.1 Å². The highest BCUT2D eigenvalue weighted by atomic mass is 16.5. The number of hydrogen-bond donors (Lipinski definition) is 1. The summed E-state index contributed by atoms with van der Waals surface area (Å²) in [5, 5.41) is 3.52. The van der Waals surface area contributed by atoms with Crippen LogP contribution in [-0.4, -0.2) is 23.6 Å². The van der Waals surface area contributed by atoms with Crippen LogP contribution in [0.5, 0.6) is 5.75 Å². The molecule has 1 aromatic carbocycles. The van der Waals surface area contributed by atoms with Crippen LogP contribution in [0.2, 0.25) is 0 Å². The summed E-state index contributed by atoms with van der Waals surface area (Å²) in [5.41, 5.74) is 3.44. The van der Waals surface area contributed by atoms with Crippen LogP contribution >= 0.6 is 0 Å². The molecular weight excluding hydrogens is 262 g/mol. The zero-order valence-electron chi connectivity index (χ0n) is 12.6. The number of nitrogens with zero attached hydrogens (tertiary/aromatic N) is 2.